The van der Waals surface area contributed by atoms with E-state index in [1.807, 2.05) is 19.9 Å². The largest absolute Gasteiger partial charge is 0.383 e. The van der Waals surface area contributed by atoms with E-state index in [9.17, 15) is 8.42 Å². The van der Waals surface area contributed by atoms with Crippen molar-refractivity contribution in [3.63, 3.8) is 0 Å². The van der Waals surface area contributed by atoms with E-state index in [2.05, 4.69) is 0 Å². The van der Waals surface area contributed by atoms with E-state index in [4.69, 9.17) is 10.00 Å². The van der Waals surface area contributed by atoms with E-state index < -0.39 is 10.0 Å². The lowest BCUT2D eigenvalue weighted by Crippen LogP contribution is -2.39. The number of nitriles is 1. The molecular formula is C13H18N2O3S. The van der Waals surface area contributed by atoms with Gasteiger partial charge in [0.05, 0.1) is 23.1 Å². The summed E-state index contributed by atoms with van der Waals surface area (Å²) in [6.07, 6.45) is 0. The van der Waals surface area contributed by atoms with Gasteiger partial charge in [-0.25, -0.2) is 8.42 Å². The van der Waals surface area contributed by atoms with Crippen LogP contribution in [0.3, 0.4) is 0 Å². The molecule has 5 nitrogen and oxygen atoms in total. The van der Waals surface area contributed by atoms with Crippen LogP contribution in [0.25, 0.3) is 0 Å². The van der Waals surface area contributed by atoms with E-state index >= 15 is 0 Å². The van der Waals surface area contributed by atoms with E-state index in [1.165, 1.54) is 35.7 Å². The second-order valence-corrected chi connectivity index (χ2v) is 6.23. The zero-order valence-corrected chi connectivity index (χ0v) is 12.1. The quantitative estimate of drug-likeness (QED) is 0.794. The molecule has 0 fully saturated rings. The third-order valence-corrected chi connectivity index (χ3v) is 4.77. The van der Waals surface area contributed by atoms with Crippen LogP contribution in [0.4, 0.5) is 0 Å². The lowest BCUT2D eigenvalue weighted by atomic mass is 10.2. The second-order valence-electron chi connectivity index (χ2n) is 4.34. The summed E-state index contributed by atoms with van der Waals surface area (Å²) >= 11 is 0. The van der Waals surface area contributed by atoms with Gasteiger partial charge in [-0.05, 0) is 38.1 Å². The molecule has 0 radical (unpaired) electrons. The molecule has 0 unspecified atom stereocenters. The standard InChI is InChI=1S/C13H18N2O3S/c1-11(2)15(8-9-18-3)19(16,17)13-6-4-12(10-14)5-7-13/h4-7,11H,8-9H2,1-3H3. The maximum atomic E-state index is 12.5. The van der Waals surface area contributed by atoms with Crippen LogP contribution < -0.4 is 0 Å². The predicted molar refractivity (Wildman–Crippen MR) is 72.1 cm³/mol. The van der Waals surface area contributed by atoms with Crippen LogP contribution in [0.1, 0.15) is 19.4 Å². The molecule has 0 atom stereocenters. The normalized spacial score (nSPS) is 11.8. The summed E-state index contributed by atoms with van der Waals surface area (Å²) in [5.74, 6) is 0. The van der Waals surface area contributed by atoms with E-state index in [1.54, 1.807) is 0 Å². The van der Waals surface area contributed by atoms with E-state index in [-0.39, 0.29) is 10.9 Å². The Bertz CT molecular complexity index is 544. The molecule has 1 aromatic rings. The monoisotopic (exact) mass is 282 g/mol. The fraction of sp³-hybridized carbons (Fsp3) is 0.462. The van der Waals surface area contributed by atoms with E-state index in [0.717, 1.165) is 0 Å². The molecule has 0 aromatic heterocycles. The molecule has 6 heteroatoms. The maximum absolute atomic E-state index is 12.5. The fourth-order valence-electron chi connectivity index (χ4n) is 1.67. The Labute approximate surface area is 114 Å². The van der Waals surface area contributed by atoms with Gasteiger partial charge in [0.1, 0.15) is 0 Å². The van der Waals surface area contributed by atoms with Crippen molar-refractivity contribution in [3.05, 3.63) is 29.8 Å². The second kappa shape index (κ2) is 6.66. The van der Waals surface area contributed by atoms with Gasteiger partial charge < -0.3 is 4.74 Å². The minimum atomic E-state index is -3.55. The highest BCUT2D eigenvalue weighted by molar-refractivity contribution is 7.89. The first-order valence-corrected chi connectivity index (χ1v) is 7.38. The topological polar surface area (TPSA) is 70.4 Å². The third-order valence-electron chi connectivity index (χ3n) is 2.68. The molecular weight excluding hydrogens is 264 g/mol. The van der Waals surface area contributed by atoms with E-state index in [0.29, 0.717) is 18.7 Å². The zero-order chi connectivity index (χ0) is 14.5. The summed E-state index contributed by atoms with van der Waals surface area (Å²) in [7, 11) is -2.02. The van der Waals surface area contributed by atoms with Crippen LogP contribution in [0.5, 0.6) is 0 Å². The molecule has 0 spiro atoms. The van der Waals surface area contributed by atoms with Crippen LogP contribution in [-0.2, 0) is 14.8 Å². The van der Waals surface area contributed by atoms with Crippen molar-refractivity contribution < 1.29 is 13.2 Å². The Morgan fingerprint density at radius 2 is 1.89 bits per heavy atom. The lowest BCUT2D eigenvalue weighted by molar-refractivity contribution is 0.171. The number of hydrogen-bond acceptors (Lipinski definition) is 4. The molecule has 0 aliphatic rings. The number of hydrogen-bond donors (Lipinski definition) is 0. The summed E-state index contributed by atoms with van der Waals surface area (Å²) in [5.41, 5.74) is 0.437. The minimum absolute atomic E-state index is 0.157. The van der Waals surface area contributed by atoms with Crippen molar-refractivity contribution in [2.45, 2.75) is 24.8 Å². The average Bonchev–Trinajstić information content (AvgIpc) is 2.38. The van der Waals surface area contributed by atoms with Crippen LogP contribution in [-0.4, -0.2) is 39.0 Å². The summed E-state index contributed by atoms with van der Waals surface area (Å²) in [4.78, 5) is 0.191. The van der Waals surface area contributed by atoms with Crippen molar-refractivity contribution in [2.24, 2.45) is 0 Å². The van der Waals surface area contributed by atoms with Gasteiger partial charge in [-0.3, -0.25) is 0 Å². The Balaban J connectivity index is 3.08. The van der Waals surface area contributed by atoms with Crippen molar-refractivity contribution in [1.82, 2.24) is 4.31 Å². The van der Waals surface area contributed by atoms with Crippen molar-refractivity contribution >= 4 is 10.0 Å². The molecule has 19 heavy (non-hydrogen) atoms. The average molecular weight is 282 g/mol. The van der Waals surface area contributed by atoms with Crippen molar-refractivity contribution in [3.8, 4) is 6.07 Å². The smallest absolute Gasteiger partial charge is 0.243 e. The Morgan fingerprint density at radius 1 is 1.32 bits per heavy atom. The molecule has 0 amide bonds. The van der Waals surface area contributed by atoms with Crippen LogP contribution in [0.15, 0.2) is 29.2 Å². The van der Waals surface area contributed by atoms with Crippen molar-refractivity contribution in [1.29, 1.82) is 5.26 Å². The van der Waals surface area contributed by atoms with Gasteiger partial charge in [-0.2, -0.15) is 9.57 Å². The number of rotatable bonds is 6. The Hall–Kier alpha value is -1.42. The molecule has 0 saturated carbocycles. The number of sulfonamides is 1. The summed E-state index contributed by atoms with van der Waals surface area (Å²) in [6.45, 7) is 4.28. The molecule has 104 valence electrons. The Morgan fingerprint density at radius 3 is 2.32 bits per heavy atom. The molecule has 1 aromatic carbocycles. The first kappa shape index (κ1) is 15.6. The summed E-state index contributed by atoms with van der Waals surface area (Å²) < 4.78 is 31.3. The number of benzene rings is 1. The SMILES string of the molecule is COCCN(C(C)C)S(=O)(=O)c1ccc(C#N)cc1. The molecule has 0 N–H and O–H groups in total. The van der Waals surface area contributed by atoms with Crippen LogP contribution in [0.2, 0.25) is 0 Å². The lowest BCUT2D eigenvalue weighted by Gasteiger charge is -2.25. The first-order chi connectivity index (χ1) is 8.93. The minimum Gasteiger partial charge on any atom is -0.383 e. The van der Waals surface area contributed by atoms with Crippen LogP contribution >= 0.6 is 0 Å². The van der Waals surface area contributed by atoms with Gasteiger partial charge in [-0.15, -0.1) is 0 Å². The van der Waals surface area contributed by atoms with Gasteiger partial charge >= 0.3 is 0 Å². The molecule has 0 bridgehead atoms. The molecule has 0 saturated heterocycles. The fourth-order valence-corrected chi connectivity index (χ4v) is 3.29. The van der Waals surface area contributed by atoms with Gasteiger partial charge in [0, 0.05) is 19.7 Å². The maximum Gasteiger partial charge on any atom is 0.243 e. The molecule has 1 rings (SSSR count). The van der Waals surface area contributed by atoms with Gasteiger partial charge in [0.2, 0.25) is 10.0 Å². The summed E-state index contributed by atoms with van der Waals surface area (Å²) in [5, 5.41) is 8.72. The molecule has 0 heterocycles. The highest BCUT2D eigenvalue weighted by Crippen LogP contribution is 2.18. The predicted octanol–water partition coefficient (Wildman–Crippen LogP) is 1.60. The summed E-state index contributed by atoms with van der Waals surface area (Å²) in [6, 6.07) is 7.72. The highest BCUT2D eigenvalue weighted by Gasteiger charge is 2.26. The number of nitrogens with zero attached hydrogens (tertiary/aromatic N) is 2. The van der Waals surface area contributed by atoms with Crippen molar-refractivity contribution in [2.75, 3.05) is 20.3 Å². The number of methoxy groups -OCH3 is 1. The molecule has 0 aliphatic carbocycles. The molecule has 0 aliphatic heterocycles. The van der Waals surface area contributed by atoms with Crippen LogP contribution in [0, 0.1) is 11.3 Å². The van der Waals surface area contributed by atoms with Gasteiger partial charge in [0.15, 0.2) is 0 Å². The van der Waals surface area contributed by atoms with Gasteiger partial charge in [0.25, 0.3) is 0 Å². The highest BCUT2D eigenvalue weighted by atomic mass is 32.2. The third kappa shape index (κ3) is 3.77. The number of ether oxygens (including phenoxy) is 1. The first-order valence-electron chi connectivity index (χ1n) is 5.94. The Kier molecular flexibility index (Phi) is 5.48. The zero-order valence-electron chi connectivity index (χ0n) is 11.3. The van der Waals surface area contributed by atoms with Gasteiger partial charge in [-0.1, -0.05) is 0 Å².